The van der Waals surface area contributed by atoms with Crippen molar-refractivity contribution in [2.24, 2.45) is 0 Å². The molecule has 4 rings (SSSR count). The highest BCUT2D eigenvalue weighted by atomic mass is 15.4. The lowest BCUT2D eigenvalue weighted by atomic mass is 10.1. The zero-order chi connectivity index (χ0) is 14.4. The molecule has 106 valence electrons. The van der Waals surface area contributed by atoms with E-state index in [9.17, 15) is 0 Å². The molecule has 0 saturated heterocycles. The first-order valence-corrected chi connectivity index (χ1v) is 6.99. The van der Waals surface area contributed by atoms with Crippen LogP contribution in [-0.2, 0) is 13.0 Å². The number of anilines is 1. The summed E-state index contributed by atoms with van der Waals surface area (Å²) in [6, 6.07) is 7.79. The molecule has 3 aromatic rings. The van der Waals surface area contributed by atoms with Crippen molar-refractivity contribution >= 4 is 16.9 Å². The third-order valence-electron chi connectivity index (χ3n) is 3.92. The highest BCUT2D eigenvalue weighted by Crippen LogP contribution is 2.25. The number of benzene rings is 1. The van der Waals surface area contributed by atoms with Gasteiger partial charge in [-0.2, -0.15) is 9.78 Å². The van der Waals surface area contributed by atoms with Gasteiger partial charge in [0.15, 0.2) is 5.82 Å². The molecule has 0 aliphatic carbocycles. The summed E-state index contributed by atoms with van der Waals surface area (Å²) in [5, 5.41) is 4.62. The summed E-state index contributed by atoms with van der Waals surface area (Å²) in [6.07, 6.45) is 2.64. The lowest BCUT2D eigenvalue weighted by Crippen LogP contribution is -2.26. The molecule has 0 radical (unpaired) electrons. The SMILES string of the molecule is CN1CCc2nn(-c3cnc4ccccc4n3)c(N)c2C1. The van der Waals surface area contributed by atoms with Crippen LogP contribution in [0.4, 0.5) is 5.82 Å². The quantitative estimate of drug-likeness (QED) is 0.729. The van der Waals surface area contributed by atoms with Gasteiger partial charge >= 0.3 is 0 Å². The second kappa shape index (κ2) is 4.53. The average Bonchev–Trinajstić information content (AvgIpc) is 2.84. The number of fused-ring (bicyclic) bond motifs is 2. The molecule has 0 saturated carbocycles. The van der Waals surface area contributed by atoms with Gasteiger partial charge in [0.05, 0.1) is 22.9 Å². The molecule has 0 fully saturated rings. The van der Waals surface area contributed by atoms with Crippen LogP contribution in [0.25, 0.3) is 16.9 Å². The largest absolute Gasteiger partial charge is 0.383 e. The predicted octanol–water partition coefficient (Wildman–Crippen LogP) is 1.39. The van der Waals surface area contributed by atoms with Crippen molar-refractivity contribution in [3.63, 3.8) is 0 Å². The fourth-order valence-corrected chi connectivity index (χ4v) is 2.75. The first-order chi connectivity index (χ1) is 10.2. The Bertz CT molecular complexity index is 822. The van der Waals surface area contributed by atoms with Crippen LogP contribution in [0, 0.1) is 0 Å². The number of rotatable bonds is 1. The fraction of sp³-hybridized carbons (Fsp3) is 0.267. The third kappa shape index (κ3) is 1.95. The van der Waals surface area contributed by atoms with Crippen molar-refractivity contribution in [2.45, 2.75) is 13.0 Å². The summed E-state index contributed by atoms with van der Waals surface area (Å²) in [7, 11) is 2.09. The number of hydrogen-bond donors (Lipinski definition) is 1. The molecule has 0 bridgehead atoms. The second-order valence-electron chi connectivity index (χ2n) is 5.43. The Hall–Kier alpha value is -2.47. The van der Waals surface area contributed by atoms with Crippen LogP contribution in [0.2, 0.25) is 0 Å². The number of nitrogen functional groups attached to an aromatic ring is 1. The predicted molar refractivity (Wildman–Crippen MR) is 81.1 cm³/mol. The van der Waals surface area contributed by atoms with Gasteiger partial charge in [0.1, 0.15) is 5.82 Å². The fourth-order valence-electron chi connectivity index (χ4n) is 2.75. The van der Waals surface area contributed by atoms with Crippen LogP contribution in [-0.4, -0.2) is 38.2 Å². The molecule has 6 nitrogen and oxygen atoms in total. The van der Waals surface area contributed by atoms with Gasteiger partial charge < -0.3 is 10.6 Å². The van der Waals surface area contributed by atoms with Gasteiger partial charge in [-0.15, -0.1) is 0 Å². The number of likely N-dealkylation sites (N-methyl/N-ethyl adjacent to an activating group) is 1. The Kier molecular flexibility index (Phi) is 2.65. The molecule has 2 N–H and O–H groups in total. The van der Waals surface area contributed by atoms with E-state index in [1.807, 2.05) is 24.3 Å². The van der Waals surface area contributed by atoms with E-state index >= 15 is 0 Å². The van der Waals surface area contributed by atoms with Gasteiger partial charge in [-0.25, -0.2) is 4.98 Å². The van der Waals surface area contributed by atoms with Gasteiger partial charge in [0, 0.05) is 25.1 Å². The molecule has 2 aromatic heterocycles. The Morgan fingerprint density at radius 1 is 1.19 bits per heavy atom. The van der Waals surface area contributed by atoms with Crippen molar-refractivity contribution in [2.75, 3.05) is 19.3 Å². The van der Waals surface area contributed by atoms with Crippen LogP contribution in [0.5, 0.6) is 0 Å². The molecular formula is C15H16N6. The van der Waals surface area contributed by atoms with Gasteiger partial charge in [0.2, 0.25) is 0 Å². The van der Waals surface area contributed by atoms with E-state index in [1.54, 1.807) is 10.9 Å². The molecule has 3 heterocycles. The van der Waals surface area contributed by atoms with E-state index in [0.717, 1.165) is 41.8 Å². The topological polar surface area (TPSA) is 72.9 Å². The van der Waals surface area contributed by atoms with Crippen molar-refractivity contribution in [1.29, 1.82) is 0 Å². The average molecular weight is 280 g/mol. The second-order valence-corrected chi connectivity index (χ2v) is 5.43. The molecule has 6 heteroatoms. The lowest BCUT2D eigenvalue weighted by molar-refractivity contribution is 0.312. The summed E-state index contributed by atoms with van der Waals surface area (Å²) >= 11 is 0. The number of aromatic nitrogens is 4. The molecule has 1 aliphatic heterocycles. The summed E-state index contributed by atoms with van der Waals surface area (Å²) in [4.78, 5) is 11.3. The molecule has 0 amide bonds. The van der Waals surface area contributed by atoms with Gasteiger partial charge in [-0.3, -0.25) is 4.98 Å². The van der Waals surface area contributed by atoms with Gasteiger partial charge in [-0.05, 0) is 19.2 Å². The van der Waals surface area contributed by atoms with E-state index < -0.39 is 0 Å². The first-order valence-electron chi connectivity index (χ1n) is 6.99. The van der Waals surface area contributed by atoms with Gasteiger partial charge in [0.25, 0.3) is 0 Å². The van der Waals surface area contributed by atoms with Crippen LogP contribution in [0.15, 0.2) is 30.5 Å². The maximum absolute atomic E-state index is 6.27. The number of hydrogen-bond acceptors (Lipinski definition) is 5. The summed E-state index contributed by atoms with van der Waals surface area (Å²) < 4.78 is 1.71. The monoisotopic (exact) mass is 280 g/mol. The van der Waals surface area contributed by atoms with Crippen molar-refractivity contribution in [3.05, 3.63) is 41.7 Å². The van der Waals surface area contributed by atoms with E-state index in [1.165, 1.54) is 0 Å². The Labute approximate surface area is 122 Å². The summed E-state index contributed by atoms with van der Waals surface area (Å²) in [6.45, 7) is 1.84. The Balaban J connectivity index is 1.85. The van der Waals surface area contributed by atoms with Crippen molar-refractivity contribution < 1.29 is 0 Å². The normalized spacial score (nSPS) is 15.3. The van der Waals surface area contributed by atoms with E-state index in [-0.39, 0.29) is 0 Å². The molecule has 21 heavy (non-hydrogen) atoms. The zero-order valence-electron chi connectivity index (χ0n) is 11.8. The smallest absolute Gasteiger partial charge is 0.174 e. The molecule has 0 spiro atoms. The van der Waals surface area contributed by atoms with E-state index in [0.29, 0.717) is 11.6 Å². The van der Waals surface area contributed by atoms with E-state index in [4.69, 9.17) is 5.73 Å². The van der Waals surface area contributed by atoms with Crippen LogP contribution < -0.4 is 5.73 Å². The van der Waals surface area contributed by atoms with E-state index in [2.05, 4.69) is 27.0 Å². The minimum Gasteiger partial charge on any atom is -0.383 e. The first kappa shape index (κ1) is 12.3. The molecular weight excluding hydrogens is 264 g/mol. The van der Waals surface area contributed by atoms with Crippen molar-refractivity contribution in [3.8, 4) is 5.82 Å². The summed E-state index contributed by atoms with van der Waals surface area (Å²) in [5.41, 5.74) is 10.2. The van der Waals surface area contributed by atoms with Crippen molar-refractivity contribution in [1.82, 2.24) is 24.6 Å². The maximum Gasteiger partial charge on any atom is 0.174 e. The minimum atomic E-state index is 0.668. The number of nitrogens with zero attached hydrogens (tertiary/aromatic N) is 5. The minimum absolute atomic E-state index is 0.668. The highest BCUT2D eigenvalue weighted by molar-refractivity contribution is 5.74. The summed E-state index contributed by atoms with van der Waals surface area (Å²) in [5.74, 6) is 1.34. The van der Waals surface area contributed by atoms with Crippen LogP contribution >= 0.6 is 0 Å². The lowest BCUT2D eigenvalue weighted by Gasteiger charge is -2.21. The standard InChI is InChI=1S/C15H16N6/c1-20-7-6-11-10(9-20)15(16)21(19-11)14-8-17-12-4-2-3-5-13(12)18-14/h2-5,8H,6-7,9,16H2,1H3. The Morgan fingerprint density at radius 3 is 2.86 bits per heavy atom. The van der Waals surface area contributed by atoms with Gasteiger partial charge in [-0.1, -0.05) is 12.1 Å². The number of nitrogens with two attached hydrogens (primary N) is 1. The molecule has 1 aromatic carbocycles. The van der Waals surface area contributed by atoms with Crippen LogP contribution in [0.3, 0.4) is 0 Å². The third-order valence-corrected chi connectivity index (χ3v) is 3.92. The molecule has 0 atom stereocenters. The zero-order valence-corrected chi connectivity index (χ0v) is 11.8. The molecule has 1 aliphatic rings. The maximum atomic E-state index is 6.27. The highest BCUT2D eigenvalue weighted by Gasteiger charge is 2.22. The number of para-hydroxylation sites is 2. The molecule has 0 unspecified atom stereocenters. The Morgan fingerprint density at radius 2 is 2.00 bits per heavy atom. The van der Waals surface area contributed by atoms with Crippen LogP contribution in [0.1, 0.15) is 11.3 Å².